The summed E-state index contributed by atoms with van der Waals surface area (Å²) in [6.07, 6.45) is 0. The molecule has 0 spiro atoms. The molecule has 0 aromatic heterocycles. The first-order valence-corrected chi connectivity index (χ1v) is 5.71. The lowest BCUT2D eigenvalue weighted by molar-refractivity contribution is -0.778. The summed E-state index contributed by atoms with van der Waals surface area (Å²) in [5.41, 5.74) is -1.91. The van der Waals surface area contributed by atoms with Gasteiger partial charge in [0.05, 0.1) is 17.7 Å². The first kappa shape index (κ1) is 14.5. The number of fused-ring (bicyclic) bond motifs is 1. The van der Waals surface area contributed by atoms with Crippen molar-refractivity contribution in [3.8, 4) is 5.75 Å². The largest absolute Gasteiger partial charge is 0.490 e. The highest BCUT2D eigenvalue weighted by Gasteiger charge is 2.51. The van der Waals surface area contributed by atoms with Gasteiger partial charge in [0.15, 0.2) is 5.75 Å². The van der Waals surface area contributed by atoms with E-state index >= 15 is 0 Å². The Morgan fingerprint density at radius 1 is 1.29 bits per heavy atom. The SMILES string of the molecule is COc1cc2c(cc1[N+](=O)[O-])N(C)C(=O)C2(C)O[N+](=O)[O-]. The van der Waals surface area contributed by atoms with Crippen LogP contribution < -0.4 is 9.64 Å². The van der Waals surface area contributed by atoms with Crippen molar-refractivity contribution in [1.82, 2.24) is 0 Å². The van der Waals surface area contributed by atoms with Gasteiger partial charge >= 0.3 is 5.69 Å². The fraction of sp³-hybridized carbons (Fsp3) is 0.364. The number of rotatable bonds is 4. The number of likely N-dealkylation sites (N-methyl/N-ethyl adjacent to an activating group) is 1. The molecule has 1 amide bonds. The van der Waals surface area contributed by atoms with Gasteiger partial charge < -0.3 is 9.64 Å². The quantitative estimate of drug-likeness (QED) is 0.599. The topological polar surface area (TPSA) is 125 Å². The van der Waals surface area contributed by atoms with Crippen molar-refractivity contribution < 1.29 is 24.4 Å². The Kier molecular flexibility index (Phi) is 3.16. The first-order chi connectivity index (χ1) is 9.72. The Morgan fingerprint density at radius 3 is 2.38 bits per heavy atom. The molecular weight excluding hydrogens is 286 g/mol. The zero-order valence-corrected chi connectivity index (χ0v) is 11.4. The van der Waals surface area contributed by atoms with Gasteiger partial charge in [0, 0.05) is 18.7 Å². The van der Waals surface area contributed by atoms with Crippen LogP contribution in [0.1, 0.15) is 12.5 Å². The smallest absolute Gasteiger partial charge is 0.313 e. The van der Waals surface area contributed by atoms with E-state index in [-0.39, 0.29) is 22.7 Å². The normalized spacial score (nSPS) is 20.1. The summed E-state index contributed by atoms with van der Waals surface area (Å²) in [6.45, 7) is 1.23. The van der Waals surface area contributed by atoms with E-state index in [9.17, 15) is 25.0 Å². The number of hydrogen-bond acceptors (Lipinski definition) is 7. The lowest BCUT2D eigenvalue weighted by atomic mass is 9.97. The van der Waals surface area contributed by atoms with E-state index in [1.165, 1.54) is 27.1 Å². The molecule has 1 aromatic rings. The second kappa shape index (κ2) is 4.58. The number of carbonyl (C=O) groups excluding carboxylic acids is 1. The van der Waals surface area contributed by atoms with Crippen LogP contribution in [0.3, 0.4) is 0 Å². The number of nitro groups is 1. The van der Waals surface area contributed by atoms with Gasteiger partial charge in [0.25, 0.3) is 11.0 Å². The minimum atomic E-state index is -1.87. The van der Waals surface area contributed by atoms with Gasteiger partial charge in [0.1, 0.15) is 0 Å². The van der Waals surface area contributed by atoms with Crippen molar-refractivity contribution in [3.63, 3.8) is 0 Å². The Morgan fingerprint density at radius 2 is 1.90 bits per heavy atom. The van der Waals surface area contributed by atoms with E-state index in [0.717, 1.165) is 11.0 Å². The molecule has 1 aliphatic rings. The molecule has 0 aliphatic carbocycles. The minimum Gasteiger partial charge on any atom is -0.490 e. The van der Waals surface area contributed by atoms with Crippen LogP contribution in [0, 0.1) is 20.2 Å². The Labute approximate surface area is 118 Å². The molecule has 2 rings (SSSR count). The lowest BCUT2D eigenvalue weighted by Gasteiger charge is -2.20. The molecule has 0 saturated heterocycles. The van der Waals surface area contributed by atoms with Crippen molar-refractivity contribution >= 4 is 17.3 Å². The third kappa shape index (κ3) is 2.00. The van der Waals surface area contributed by atoms with Gasteiger partial charge in [-0.1, -0.05) is 0 Å². The van der Waals surface area contributed by atoms with Crippen molar-refractivity contribution in [2.24, 2.45) is 0 Å². The second-order valence-corrected chi connectivity index (χ2v) is 4.51. The Hall–Kier alpha value is -2.91. The van der Waals surface area contributed by atoms with Crippen LogP contribution in [0.4, 0.5) is 11.4 Å². The number of amides is 1. The molecule has 1 heterocycles. The lowest BCUT2D eigenvalue weighted by Crippen LogP contribution is -2.39. The second-order valence-electron chi connectivity index (χ2n) is 4.51. The summed E-state index contributed by atoms with van der Waals surface area (Å²) in [4.78, 5) is 38.7. The zero-order chi connectivity index (χ0) is 15.9. The van der Waals surface area contributed by atoms with Crippen LogP contribution in [-0.2, 0) is 15.2 Å². The molecule has 112 valence electrons. The van der Waals surface area contributed by atoms with Gasteiger partial charge in [0.2, 0.25) is 5.60 Å². The highest BCUT2D eigenvalue weighted by molar-refractivity contribution is 6.07. The van der Waals surface area contributed by atoms with Crippen molar-refractivity contribution in [2.45, 2.75) is 12.5 Å². The number of nitrogens with zero attached hydrogens (tertiary/aromatic N) is 3. The summed E-state index contributed by atoms with van der Waals surface area (Å²) in [7, 11) is 2.58. The number of methoxy groups -OCH3 is 1. The number of nitro benzene ring substituents is 1. The molecule has 0 fully saturated rings. The summed E-state index contributed by atoms with van der Waals surface area (Å²) >= 11 is 0. The Bertz CT molecular complexity index is 659. The predicted molar refractivity (Wildman–Crippen MR) is 68.5 cm³/mol. The molecule has 10 nitrogen and oxygen atoms in total. The van der Waals surface area contributed by atoms with Gasteiger partial charge in [-0.25, -0.2) is 0 Å². The molecule has 10 heteroatoms. The van der Waals surface area contributed by atoms with Crippen LogP contribution in [0.25, 0.3) is 0 Å². The van der Waals surface area contributed by atoms with Crippen LogP contribution in [0.2, 0.25) is 0 Å². The van der Waals surface area contributed by atoms with Crippen molar-refractivity contribution in [2.75, 3.05) is 19.1 Å². The maximum absolute atomic E-state index is 12.2. The number of anilines is 1. The zero-order valence-electron chi connectivity index (χ0n) is 11.4. The highest BCUT2D eigenvalue weighted by Crippen LogP contribution is 2.46. The van der Waals surface area contributed by atoms with Crippen molar-refractivity contribution in [3.05, 3.63) is 37.9 Å². The van der Waals surface area contributed by atoms with E-state index in [0.29, 0.717) is 0 Å². The molecule has 1 aromatic carbocycles. The summed E-state index contributed by atoms with van der Waals surface area (Å²) in [6, 6.07) is 2.33. The summed E-state index contributed by atoms with van der Waals surface area (Å²) < 4.78 is 4.90. The van der Waals surface area contributed by atoms with Gasteiger partial charge in [-0.15, -0.1) is 10.1 Å². The fourth-order valence-electron chi connectivity index (χ4n) is 2.31. The average molecular weight is 297 g/mol. The maximum Gasteiger partial charge on any atom is 0.313 e. The fourth-order valence-corrected chi connectivity index (χ4v) is 2.31. The van der Waals surface area contributed by atoms with Gasteiger partial charge in [-0.05, 0) is 13.0 Å². The highest BCUT2D eigenvalue weighted by atomic mass is 17.0. The molecule has 0 saturated carbocycles. The molecule has 0 N–H and O–H groups in total. The molecule has 1 aliphatic heterocycles. The predicted octanol–water partition coefficient (Wildman–Crippen LogP) is 1.00. The first-order valence-electron chi connectivity index (χ1n) is 5.71. The molecule has 1 unspecified atom stereocenters. The van der Waals surface area contributed by atoms with Gasteiger partial charge in [-0.2, -0.15) is 0 Å². The average Bonchev–Trinajstić information content (AvgIpc) is 2.58. The molecular formula is C11H11N3O7. The molecule has 0 radical (unpaired) electrons. The van der Waals surface area contributed by atoms with E-state index in [1.807, 2.05) is 0 Å². The molecule has 21 heavy (non-hydrogen) atoms. The number of benzene rings is 1. The third-order valence-electron chi connectivity index (χ3n) is 3.34. The maximum atomic E-state index is 12.2. The van der Waals surface area contributed by atoms with E-state index in [1.54, 1.807) is 0 Å². The molecule has 0 bridgehead atoms. The molecule has 1 atom stereocenters. The number of ether oxygens (including phenoxy) is 1. The third-order valence-corrected chi connectivity index (χ3v) is 3.34. The van der Waals surface area contributed by atoms with Crippen LogP contribution >= 0.6 is 0 Å². The van der Waals surface area contributed by atoms with E-state index in [2.05, 4.69) is 4.84 Å². The van der Waals surface area contributed by atoms with E-state index < -0.39 is 21.5 Å². The van der Waals surface area contributed by atoms with Gasteiger partial charge in [-0.3, -0.25) is 19.7 Å². The number of hydrogen-bond donors (Lipinski definition) is 0. The standard InChI is InChI=1S/C11H11N3O7/c1-11(21-14(18)19)6-4-9(20-3)8(13(16)17)5-7(6)12(2)10(11)15/h4-5H,1-3H3. The van der Waals surface area contributed by atoms with Crippen LogP contribution in [0.5, 0.6) is 5.75 Å². The summed E-state index contributed by atoms with van der Waals surface area (Å²) in [5, 5.41) is 20.5. The number of carbonyl (C=O) groups is 1. The summed E-state index contributed by atoms with van der Waals surface area (Å²) in [5.74, 6) is -0.809. The minimum absolute atomic E-state index is 0.111. The van der Waals surface area contributed by atoms with Crippen LogP contribution in [0.15, 0.2) is 12.1 Å². The van der Waals surface area contributed by atoms with E-state index in [4.69, 9.17) is 4.74 Å². The Balaban J connectivity index is 2.70. The van der Waals surface area contributed by atoms with Crippen molar-refractivity contribution in [1.29, 1.82) is 0 Å². The monoisotopic (exact) mass is 297 g/mol. The van der Waals surface area contributed by atoms with Crippen LogP contribution in [-0.4, -0.2) is 30.1 Å².